The van der Waals surface area contributed by atoms with Crippen LogP contribution in [0.3, 0.4) is 0 Å². The number of fused-ring (bicyclic) bond motifs is 1. The van der Waals surface area contributed by atoms with E-state index in [1.54, 1.807) is 12.3 Å². The standard InChI is InChI=1S/C22H26F3N7O2S/c1-14-17(12-28-35(2,33)34)31(16-4-5-16)10-9-30(14)20-7-8-26-21(29-20)18-11-27-19-6-3-15(13-32(18)19)22(23,24)25/h3,6-8,11,13-14,16-17,28H,4-5,9-10,12H2,1-2H3. The summed E-state index contributed by atoms with van der Waals surface area (Å²) in [4.78, 5) is 17.6. The van der Waals surface area contributed by atoms with Crippen LogP contribution in [0.5, 0.6) is 0 Å². The van der Waals surface area contributed by atoms with Crippen molar-refractivity contribution >= 4 is 21.5 Å². The van der Waals surface area contributed by atoms with Gasteiger partial charge < -0.3 is 4.90 Å². The van der Waals surface area contributed by atoms with Crippen molar-refractivity contribution in [2.24, 2.45) is 0 Å². The van der Waals surface area contributed by atoms with Crippen molar-refractivity contribution in [1.29, 1.82) is 0 Å². The van der Waals surface area contributed by atoms with Crippen molar-refractivity contribution in [3.05, 3.63) is 42.4 Å². The zero-order chi connectivity index (χ0) is 25.0. The van der Waals surface area contributed by atoms with Gasteiger partial charge in [0.05, 0.1) is 18.0 Å². The Labute approximate surface area is 201 Å². The summed E-state index contributed by atoms with van der Waals surface area (Å²) in [6, 6.07) is 4.44. The Balaban J connectivity index is 1.45. The molecular formula is C22H26F3N7O2S. The van der Waals surface area contributed by atoms with Crippen LogP contribution < -0.4 is 9.62 Å². The molecule has 4 heterocycles. The van der Waals surface area contributed by atoms with E-state index in [0.29, 0.717) is 36.3 Å². The zero-order valence-electron chi connectivity index (χ0n) is 19.3. The van der Waals surface area contributed by atoms with Crippen molar-refractivity contribution in [2.45, 2.75) is 44.1 Å². The number of alkyl halides is 3. The number of pyridine rings is 1. The third-order valence-electron chi connectivity index (χ3n) is 6.64. The Hall–Kier alpha value is -2.77. The predicted molar refractivity (Wildman–Crippen MR) is 124 cm³/mol. The van der Waals surface area contributed by atoms with Gasteiger partial charge in [-0.2, -0.15) is 13.2 Å². The third-order valence-corrected chi connectivity index (χ3v) is 7.33. The molecule has 1 saturated carbocycles. The van der Waals surface area contributed by atoms with Gasteiger partial charge >= 0.3 is 6.18 Å². The van der Waals surface area contributed by atoms with Gasteiger partial charge in [-0.25, -0.2) is 28.1 Å². The van der Waals surface area contributed by atoms with Crippen LogP contribution in [0.1, 0.15) is 25.3 Å². The molecule has 0 amide bonds. The van der Waals surface area contributed by atoms with Crippen LogP contribution in [-0.4, -0.2) is 76.7 Å². The highest BCUT2D eigenvalue weighted by atomic mass is 32.2. The van der Waals surface area contributed by atoms with Crippen molar-refractivity contribution in [3.63, 3.8) is 0 Å². The Bertz CT molecular complexity index is 1340. The van der Waals surface area contributed by atoms with Crippen molar-refractivity contribution in [1.82, 2.24) is 29.0 Å². The fourth-order valence-electron chi connectivity index (χ4n) is 4.73. The maximum absolute atomic E-state index is 13.3. The molecule has 0 bridgehead atoms. The van der Waals surface area contributed by atoms with Crippen molar-refractivity contribution in [3.8, 4) is 11.5 Å². The first-order valence-electron chi connectivity index (χ1n) is 11.4. The van der Waals surface area contributed by atoms with E-state index in [1.807, 2.05) is 6.92 Å². The van der Waals surface area contributed by atoms with Gasteiger partial charge in [-0.05, 0) is 38.0 Å². The minimum absolute atomic E-state index is 0.0467. The lowest BCUT2D eigenvalue weighted by atomic mass is 10.0. The van der Waals surface area contributed by atoms with Crippen LogP contribution >= 0.6 is 0 Å². The minimum Gasteiger partial charge on any atom is -0.351 e. The van der Waals surface area contributed by atoms with E-state index < -0.39 is 21.8 Å². The number of imidazole rings is 1. The maximum atomic E-state index is 13.3. The second-order valence-electron chi connectivity index (χ2n) is 9.12. The second kappa shape index (κ2) is 8.71. The highest BCUT2D eigenvalue weighted by Gasteiger charge is 2.41. The first kappa shape index (κ1) is 23.9. The van der Waals surface area contributed by atoms with Gasteiger partial charge in [-0.1, -0.05) is 0 Å². The number of sulfonamides is 1. The van der Waals surface area contributed by atoms with Gasteiger partial charge in [0.15, 0.2) is 5.82 Å². The summed E-state index contributed by atoms with van der Waals surface area (Å²) < 4.78 is 67.3. The van der Waals surface area contributed by atoms with Crippen LogP contribution in [0.15, 0.2) is 36.8 Å². The molecule has 0 aromatic carbocycles. The summed E-state index contributed by atoms with van der Waals surface area (Å²) in [6.45, 7) is 3.77. The van der Waals surface area contributed by atoms with E-state index in [2.05, 4.69) is 29.5 Å². The van der Waals surface area contributed by atoms with E-state index in [4.69, 9.17) is 0 Å². The molecule has 9 nitrogen and oxygen atoms in total. The van der Waals surface area contributed by atoms with E-state index in [9.17, 15) is 21.6 Å². The van der Waals surface area contributed by atoms with E-state index >= 15 is 0 Å². The Morgan fingerprint density at radius 3 is 2.60 bits per heavy atom. The molecule has 188 valence electrons. The summed E-state index contributed by atoms with van der Waals surface area (Å²) in [5.41, 5.74) is -0.0701. The van der Waals surface area contributed by atoms with Gasteiger partial charge in [-0.15, -0.1) is 0 Å². The molecule has 2 unspecified atom stereocenters. The van der Waals surface area contributed by atoms with E-state index in [0.717, 1.165) is 37.9 Å². The average molecular weight is 510 g/mol. The summed E-state index contributed by atoms with van der Waals surface area (Å²) in [5, 5.41) is 0. The predicted octanol–water partition coefficient (Wildman–Crippen LogP) is 2.40. The van der Waals surface area contributed by atoms with Gasteiger partial charge in [-0.3, -0.25) is 9.30 Å². The monoisotopic (exact) mass is 509 g/mol. The number of aromatic nitrogens is 4. The normalized spacial score (nSPS) is 22.1. The number of anilines is 1. The lowest BCUT2D eigenvalue weighted by molar-refractivity contribution is -0.137. The maximum Gasteiger partial charge on any atom is 0.417 e. The molecule has 1 N–H and O–H groups in total. The highest BCUT2D eigenvalue weighted by molar-refractivity contribution is 7.88. The number of halogens is 3. The number of nitrogens with zero attached hydrogens (tertiary/aromatic N) is 6. The number of piperazine rings is 1. The zero-order valence-corrected chi connectivity index (χ0v) is 20.1. The molecule has 1 aliphatic heterocycles. The van der Waals surface area contributed by atoms with Gasteiger partial charge in [0.25, 0.3) is 0 Å². The Morgan fingerprint density at radius 2 is 1.91 bits per heavy atom. The van der Waals surface area contributed by atoms with E-state index in [-0.39, 0.29) is 17.9 Å². The van der Waals surface area contributed by atoms with Crippen molar-refractivity contribution < 1.29 is 21.6 Å². The molecule has 1 saturated heterocycles. The van der Waals surface area contributed by atoms with Crippen LogP contribution in [0.25, 0.3) is 17.2 Å². The second-order valence-corrected chi connectivity index (χ2v) is 10.9. The third kappa shape index (κ3) is 4.98. The molecule has 35 heavy (non-hydrogen) atoms. The SMILES string of the molecule is CC1C(CNS(C)(=O)=O)N(C2CC2)CCN1c1ccnc(-c2cnc3ccc(C(F)(F)F)cn23)n1. The van der Waals surface area contributed by atoms with Crippen LogP contribution in [0.4, 0.5) is 19.0 Å². The highest BCUT2D eigenvalue weighted by Crippen LogP contribution is 2.34. The summed E-state index contributed by atoms with van der Waals surface area (Å²) in [7, 11) is -3.34. The molecule has 1 aliphatic carbocycles. The number of nitrogens with one attached hydrogen (secondary N) is 1. The summed E-state index contributed by atoms with van der Waals surface area (Å²) in [6.07, 6.45) is 2.91. The molecule has 0 spiro atoms. The Morgan fingerprint density at radius 1 is 1.14 bits per heavy atom. The Kier molecular flexibility index (Phi) is 5.96. The minimum atomic E-state index is -4.48. The fourth-order valence-corrected chi connectivity index (χ4v) is 5.20. The molecule has 5 rings (SSSR count). The summed E-state index contributed by atoms with van der Waals surface area (Å²) in [5.74, 6) is 0.890. The number of hydrogen-bond donors (Lipinski definition) is 1. The lowest BCUT2D eigenvalue weighted by Crippen LogP contribution is -2.62. The largest absolute Gasteiger partial charge is 0.417 e. The van der Waals surface area contributed by atoms with E-state index in [1.165, 1.54) is 16.7 Å². The van der Waals surface area contributed by atoms with Gasteiger partial charge in [0.2, 0.25) is 10.0 Å². The molecule has 13 heteroatoms. The molecular weight excluding hydrogens is 483 g/mol. The first-order chi connectivity index (χ1) is 16.5. The first-order valence-corrected chi connectivity index (χ1v) is 13.2. The quantitative estimate of drug-likeness (QED) is 0.545. The molecule has 2 fully saturated rings. The van der Waals surface area contributed by atoms with Crippen LogP contribution in [0.2, 0.25) is 0 Å². The number of rotatable bonds is 6. The number of hydrogen-bond acceptors (Lipinski definition) is 7. The molecule has 3 aromatic heterocycles. The molecule has 3 aromatic rings. The lowest BCUT2D eigenvalue weighted by Gasteiger charge is -2.47. The fraction of sp³-hybridized carbons (Fsp3) is 0.500. The van der Waals surface area contributed by atoms with Crippen LogP contribution in [0, 0.1) is 0 Å². The van der Waals surface area contributed by atoms with Crippen LogP contribution in [-0.2, 0) is 16.2 Å². The molecule has 2 aliphatic rings. The topological polar surface area (TPSA) is 95.7 Å². The molecule has 0 radical (unpaired) electrons. The van der Waals surface area contributed by atoms with Gasteiger partial charge in [0, 0.05) is 50.2 Å². The average Bonchev–Trinajstić information content (AvgIpc) is 3.55. The molecule has 2 atom stereocenters. The van der Waals surface area contributed by atoms with Crippen molar-refractivity contribution in [2.75, 3.05) is 30.8 Å². The summed E-state index contributed by atoms with van der Waals surface area (Å²) >= 11 is 0. The van der Waals surface area contributed by atoms with Gasteiger partial charge in [0.1, 0.15) is 17.2 Å². The smallest absolute Gasteiger partial charge is 0.351 e.